The first-order valence-electron chi connectivity index (χ1n) is 40.9. The summed E-state index contributed by atoms with van der Waals surface area (Å²) in [6.07, 6.45) is -20.5. The number of carbonyl (C=O) groups is 9. The van der Waals surface area contributed by atoms with E-state index in [0.29, 0.717) is 35.2 Å². The molecular formula is C83H116N10O28. The van der Waals surface area contributed by atoms with Gasteiger partial charge in [0.2, 0.25) is 23.6 Å². The average molecular weight is 1700 g/mol. The number of fused-ring (bicyclic) bond motifs is 8. The van der Waals surface area contributed by atoms with Gasteiger partial charge in [0.25, 0.3) is 0 Å². The molecule has 4 aromatic rings. The fraction of sp³-hybridized carbons (Fsp3) is 0.627. The number of Topliss-reactive ketones (excluding diaryl/α,β-unsaturated/α-hetero) is 1. The number of carbonyl (C=O) groups excluding carboxylic acids is 9. The summed E-state index contributed by atoms with van der Waals surface area (Å²) in [5.41, 5.74) is 5.38. The van der Waals surface area contributed by atoms with Crippen LogP contribution >= 0.6 is 0 Å². The number of alkyl carbamates (subject to hydrolysis) is 1. The number of benzene rings is 3. The number of nitrogens with zero attached hydrogens (tertiary/aromatic N) is 5. The van der Waals surface area contributed by atoms with Crippen LogP contribution in [-0.2, 0) is 88.3 Å². The lowest BCUT2D eigenvalue weighted by molar-refractivity contribution is -0.186. The molecule has 121 heavy (non-hydrogen) atoms. The van der Waals surface area contributed by atoms with E-state index in [9.17, 15) is 94.2 Å². The fourth-order valence-corrected chi connectivity index (χ4v) is 17.2. The van der Waals surface area contributed by atoms with Gasteiger partial charge in [0, 0.05) is 82.0 Å². The molecule has 2 saturated carbocycles. The molecule has 666 valence electrons. The molecule has 38 heteroatoms. The second-order valence-electron chi connectivity index (χ2n) is 33.1. The molecule has 1 saturated heterocycles. The van der Waals surface area contributed by atoms with E-state index in [2.05, 4.69) is 43.8 Å². The van der Waals surface area contributed by atoms with Crippen LogP contribution in [0, 0.1) is 35.0 Å². The van der Waals surface area contributed by atoms with Crippen molar-refractivity contribution >= 4 is 59.3 Å². The normalized spacial score (nSPS) is 24.0. The Labute approximate surface area is 699 Å². The van der Waals surface area contributed by atoms with E-state index in [1.165, 1.54) is 35.5 Å². The van der Waals surface area contributed by atoms with Gasteiger partial charge in [0.1, 0.15) is 92.0 Å². The molecule has 0 spiro atoms. The van der Waals surface area contributed by atoms with Crippen LogP contribution < -0.4 is 26.6 Å². The SMILES string of the molecule is CC(C)[C@H](NC(=O)OCC1c2ccccc2-c2ccccc21)C(=O)N[C@@H](C)C(=O)Nc1ccc(COC(=O)N(C)CCN(C)C(=O)O[C@H]2C3C([C@@H](O)[C@@H]4O[C@]24C(C)C)[C@@]2(C)CCC4=C(COC4=O)[C@@H]2C[C@@H]3O)c(COCc2cn(CCOCCC(=O)N[C@@H](CCC(=O)NC[C@H](O)[C@@H](O)[C@H](O)[C@H](O)CO)C(=O)CC[C@H](O)[C@@H](O)[C@H](O)[C@H](O)CO)nn2)c1. The number of amides is 7. The van der Waals surface area contributed by atoms with Gasteiger partial charge in [-0.05, 0) is 113 Å². The number of hydrogen-bond acceptors (Lipinski definition) is 30. The molecule has 6 aliphatic rings. The highest BCUT2D eigenvalue weighted by Gasteiger charge is 2.78. The summed E-state index contributed by atoms with van der Waals surface area (Å²) in [5.74, 6) is -6.31. The molecule has 10 rings (SSSR count). The standard InChI is InChI=1S/C83H116N10O28/c1-42(2)68(88-79(112)118-40-54-51-15-11-9-13-49(51)50-14-10-12-16-52(50)54)77(110)85-44(5)76(109)86-47-18-17-45(38-119-80(113)91(7)26-27-92(8)81(114)120-74-66-60(98)32-56-55-41-117-78(111)53(55)23-25-82(56,6)67(66)73(108)75-83(74,121-75)43(3)4)46(31-47)37-116-39-48-34-93(90-89-48)28-30-115-29-24-65(103)87-57(58(96)20-21-59(97)69(104)71(106)62(100)35-94)19-22-64(102)84-33-61(99)70(105)72(107)63(101)36-95/h9-18,31,34,42-44,54,56-57,59-63,66-75,94-95,97-101,104-108H,19-30,32-33,35-41H2,1-8H3,(H,84,102)(H,85,110)(H,86,109)(H,87,103)(H,88,112)/t44-,56-,57-,59-,60-,61-,62+,63+,66?,67?,68-,69+,70+,71+,72+,73+,74-,75-,82-,83+/m0/s1. The van der Waals surface area contributed by atoms with Gasteiger partial charge in [-0.1, -0.05) is 94.4 Å². The number of aromatic nitrogens is 3. The fourth-order valence-electron chi connectivity index (χ4n) is 17.2. The molecule has 3 aromatic carbocycles. The molecule has 2 unspecified atom stereocenters. The summed E-state index contributed by atoms with van der Waals surface area (Å²) in [6.45, 7) is 7.67. The third-order valence-corrected chi connectivity index (χ3v) is 24.3. The molecule has 3 heterocycles. The lowest BCUT2D eigenvalue weighted by Crippen LogP contribution is -2.67. The topological polar surface area (TPSA) is 562 Å². The predicted octanol–water partition coefficient (Wildman–Crippen LogP) is -0.549. The third kappa shape index (κ3) is 22.2. The Bertz CT molecular complexity index is 4280. The highest BCUT2D eigenvalue weighted by atomic mass is 16.7. The Kier molecular flexibility index (Phi) is 32.5. The zero-order valence-corrected chi connectivity index (χ0v) is 69.0. The summed E-state index contributed by atoms with van der Waals surface area (Å²) in [5, 5.41) is 144. The first-order valence-corrected chi connectivity index (χ1v) is 40.9. The first kappa shape index (κ1) is 94.0. The monoisotopic (exact) mass is 1700 g/mol. The smallest absolute Gasteiger partial charge is 0.409 e. The lowest BCUT2D eigenvalue weighted by atomic mass is 9.46. The number of cyclic esters (lactones) is 1. The Morgan fingerprint density at radius 1 is 0.694 bits per heavy atom. The number of esters is 1. The number of likely N-dealkylation sites (N-methyl/N-ethyl adjacent to an activating group) is 2. The number of ether oxygens (including phenoxy) is 7. The summed E-state index contributed by atoms with van der Waals surface area (Å²) < 4.78 is 43.1. The van der Waals surface area contributed by atoms with Crippen LogP contribution in [0.25, 0.3) is 11.1 Å². The van der Waals surface area contributed by atoms with E-state index in [4.69, 9.17) is 43.4 Å². The highest BCUT2D eigenvalue weighted by molar-refractivity contribution is 5.98. The van der Waals surface area contributed by atoms with Crippen LogP contribution in [0.15, 0.2) is 84.1 Å². The minimum Gasteiger partial charge on any atom is -0.458 e. The molecule has 2 aliphatic heterocycles. The maximum atomic E-state index is 14.3. The minimum absolute atomic E-state index is 0.00699. The number of anilines is 1. The lowest BCUT2D eigenvalue weighted by Gasteiger charge is -2.59. The van der Waals surface area contributed by atoms with E-state index in [-0.39, 0.29) is 115 Å². The van der Waals surface area contributed by atoms with Gasteiger partial charge < -0.3 is 131 Å². The Morgan fingerprint density at radius 3 is 1.99 bits per heavy atom. The van der Waals surface area contributed by atoms with Crippen LogP contribution in [0.2, 0.25) is 0 Å². The largest absolute Gasteiger partial charge is 0.458 e. The average Bonchev–Trinajstić information content (AvgIpc) is 1.51. The Balaban J connectivity index is 0.738. The minimum atomic E-state index is -1.99. The second kappa shape index (κ2) is 41.8. The van der Waals surface area contributed by atoms with Gasteiger partial charge in [-0.3, -0.25) is 24.0 Å². The van der Waals surface area contributed by atoms with Gasteiger partial charge in [-0.2, -0.15) is 0 Å². The molecular weight excluding hydrogens is 1580 g/mol. The highest BCUT2D eigenvalue weighted by Crippen LogP contribution is 2.67. The van der Waals surface area contributed by atoms with E-state index in [1.54, 1.807) is 38.2 Å². The number of hydrogen-bond donors (Lipinski definition) is 17. The summed E-state index contributed by atoms with van der Waals surface area (Å²) in [6, 6.07) is 16.8. The van der Waals surface area contributed by atoms with E-state index < -0.39 is 207 Å². The van der Waals surface area contributed by atoms with Crippen LogP contribution in [-0.4, -0.2) is 310 Å². The van der Waals surface area contributed by atoms with Gasteiger partial charge in [0.15, 0.2) is 5.78 Å². The van der Waals surface area contributed by atoms with Gasteiger partial charge in [0.05, 0.1) is 82.8 Å². The molecule has 1 aromatic heterocycles. The van der Waals surface area contributed by atoms with Crippen LogP contribution in [0.3, 0.4) is 0 Å². The quantitative estimate of drug-likeness (QED) is 0.0114. The molecule has 7 amide bonds. The maximum absolute atomic E-state index is 14.3. The number of aliphatic hydroxyl groups is 12. The van der Waals surface area contributed by atoms with Crippen molar-refractivity contribution in [2.75, 3.05) is 78.7 Å². The number of epoxide rings is 1. The molecule has 4 aliphatic carbocycles. The van der Waals surface area contributed by atoms with Gasteiger partial charge in [-0.15, -0.1) is 5.10 Å². The summed E-state index contributed by atoms with van der Waals surface area (Å²) >= 11 is 0. The van der Waals surface area contributed by atoms with Crippen molar-refractivity contribution in [1.82, 2.24) is 46.1 Å². The molecule has 17 N–H and O–H groups in total. The van der Waals surface area contributed by atoms with Crippen LogP contribution in [0.1, 0.15) is 127 Å². The van der Waals surface area contributed by atoms with Crippen molar-refractivity contribution in [3.05, 3.63) is 112 Å². The van der Waals surface area contributed by atoms with E-state index >= 15 is 0 Å². The number of ketones is 1. The zero-order chi connectivity index (χ0) is 88.1. The zero-order valence-electron chi connectivity index (χ0n) is 69.0. The van der Waals surface area contributed by atoms with Crippen LogP contribution in [0.4, 0.5) is 20.1 Å². The number of rotatable bonds is 43. The van der Waals surface area contributed by atoms with Crippen molar-refractivity contribution in [3.8, 4) is 11.1 Å². The van der Waals surface area contributed by atoms with Gasteiger partial charge in [-0.25, -0.2) is 23.9 Å². The van der Waals surface area contributed by atoms with Crippen molar-refractivity contribution < 1.29 is 138 Å². The molecule has 38 nitrogen and oxygen atoms in total. The molecule has 3 fully saturated rings. The van der Waals surface area contributed by atoms with E-state index in [1.807, 2.05) is 62.4 Å². The number of nitrogens with one attached hydrogen (secondary N) is 5. The van der Waals surface area contributed by atoms with Crippen molar-refractivity contribution in [2.24, 2.45) is 35.0 Å². The summed E-state index contributed by atoms with van der Waals surface area (Å²) in [7, 11) is 2.99. The van der Waals surface area contributed by atoms with Crippen molar-refractivity contribution in [2.45, 2.75) is 222 Å². The maximum Gasteiger partial charge on any atom is 0.409 e. The third-order valence-electron chi connectivity index (χ3n) is 24.3. The van der Waals surface area contributed by atoms with Gasteiger partial charge >= 0.3 is 24.2 Å². The predicted molar refractivity (Wildman–Crippen MR) is 425 cm³/mol. The second-order valence-corrected chi connectivity index (χ2v) is 33.1. The molecule has 0 radical (unpaired) electrons. The van der Waals surface area contributed by atoms with Crippen molar-refractivity contribution in [1.29, 1.82) is 0 Å². The Morgan fingerprint density at radius 2 is 1.34 bits per heavy atom. The molecule has 0 bridgehead atoms. The molecule has 20 atom stereocenters. The summed E-state index contributed by atoms with van der Waals surface area (Å²) in [4.78, 5) is 124. The van der Waals surface area contributed by atoms with Crippen molar-refractivity contribution in [3.63, 3.8) is 0 Å². The Hall–Kier alpha value is -9.23. The first-order chi connectivity index (χ1) is 57.5. The van der Waals surface area contributed by atoms with E-state index in [0.717, 1.165) is 27.8 Å². The van der Waals surface area contributed by atoms with Crippen LogP contribution in [0.5, 0.6) is 0 Å². The number of aliphatic hydroxyl groups excluding tert-OH is 12.